The Kier molecular flexibility index (Phi) is 13.7. The first-order chi connectivity index (χ1) is 26.7. The summed E-state index contributed by atoms with van der Waals surface area (Å²) in [6, 6.07) is 42.4. The molecule has 0 saturated carbocycles. The summed E-state index contributed by atoms with van der Waals surface area (Å²) >= 11 is 0. The number of benzene rings is 6. The predicted molar refractivity (Wildman–Crippen MR) is 210 cm³/mol. The summed E-state index contributed by atoms with van der Waals surface area (Å²) in [4.78, 5) is 22.1. The van der Waals surface area contributed by atoms with Gasteiger partial charge in [-0.3, -0.25) is 0 Å². The van der Waals surface area contributed by atoms with E-state index in [0.717, 1.165) is 22.3 Å². The number of carboxylic acids is 2. The molecule has 6 aromatic rings. The molecular formula is C43H39FN2O8S2. The van der Waals surface area contributed by atoms with Gasteiger partial charge in [0.15, 0.2) is 0 Å². The molecule has 13 heteroatoms. The van der Waals surface area contributed by atoms with Crippen LogP contribution in [0.15, 0.2) is 168 Å². The molecule has 2 N–H and O–H groups in total. The Balaban J connectivity index is 0.000000214. The van der Waals surface area contributed by atoms with Crippen LogP contribution in [0.25, 0.3) is 0 Å². The van der Waals surface area contributed by atoms with E-state index < -0.39 is 37.8 Å². The number of hydrogen-bond acceptors (Lipinski definition) is 6. The molecule has 10 nitrogen and oxygen atoms in total. The van der Waals surface area contributed by atoms with Crippen molar-refractivity contribution in [2.75, 3.05) is 0 Å². The van der Waals surface area contributed by atoms with E-state index in [0.29, 0.717) is 0 Å². The van der Waals surface area contributed by atoms with Gasteiger partial charge in [-0.1, -0.05) is 109 Å². The molecule has 0 unspecified atom stereocenters. The number of aryl methyl sites for hydroxylation is 1. The largest absolute Gasteiger partial charge is 0.478 e. The lowest BCUT2D eigenvalue weighted by atomic mass is 10.1. The van der Waals surface area contributed by atoms with Crippen LogP contribution >= 0.6 is 0 Å². The summed E-state index contributed by atoms with van der Waals surface area (Å²) in [5.41, 5.74) is 3.90. The highest BCUT2D eigenvalue weighted by Crippen LogP contribution is 2.24. The van der Waals surface area contributed by atoms with Crippen molar-refractivity contribution in [2.24, 2.45) is 0 Å². The van der Waals surface area contributed by atoms with E-state index >= 15 is 0 Å². The van der Waals surface area contributed by atoms with E-state index in [2.05, 4.69) is 0 Å². The maximum absolute atomic E-state index is 14.1. The topological polar surface area (TPSA) is 149 Å². The smallest absolute Gasteiger partial charge is 0.335 e. The molecule has 6 aromatic carbocycles. The van der Waals surface area contributed by atoms with Crippen LogP contribution in [-0.4, -0.2) is 47.6 Å². The highest BCUT2D eigenvalue weighted by atomic mass is 32.2. The lowest BCUT2D eigenvalue weighted by Crippen LogP contribution is -2.30. The molecule has 288 valence electrons. The Labute approximate surface area is 325 Å². The Hall–Kier alpha value is -5.99. The lowest BCUT2D eigenvalue weighted by molar-refractivity contribution is 0.0686. The molecule has 56 heavy (non-hydrogen) atoms. The van der Waals surface area contributed by atoms with Crippen LogP contribution in [0, 0.1) is 12.7 Å². The number of sulfonamides is 2. The van der Waals surface area contributed by atoms with E-state index in [1.165, 1.54) is 69.3 Å². The number of rotatable bonds is 14. The Morgan fingerprint density at radius 3 is 1.23 bits per heavy atom. The SMILES string of the molecule is Cc1ccc(CN(Cc2ccccc2)S(=O)(=O)c2ccc(C(=O)O)cc2)cc1.O=C(O)c1ccc(S(=O)(=O)N(Cc2ccccc2)Cc2ccccc2F)cc1. The highest BCUT2D eigenvalue weighted by molar-refractivity contribution is 7.89. The lowest BCUT2D eigenvalue weighted by Gasteiger charge is -2.23. The third kappa shape index (κ3) is 10.8. The first kappa shape index (κ1) is 41.2. The summed E-state index contributed by atoms with van der Waals surface area (Å²) in [5.74, 6) is -2.72. The highest BCUT2D eigenvalue weighted by Gasteiger charge is 2.27. The number of carboxylic acid groups (broad SMARTS) is 2. The molecular weight excluding hydrogens is 756 g/mol. The molecule has 6 rings (SSSR count). The standard InChI is InChI=1S/C22H21NO4S.C21H18FNO4S/c1-17-7-9-19(10-8-17)16-23(15-18-5-3-2-4-6-18)28(26,27)21-13-11-20(12-14-21)22(24)25;22-20-9-5-4-8-18(20)15-23(14-16-6-2-1-3-7-16)28(26,27)19-12-10-17(11-13-19)21(24)25/h2-14H,15-16H2,1H3,(H,24,25);1-13H,14-15H2,(H,24,25). The van der Waals surface area contributed by atoms with Crippen molar-refractivity contribution in [3.05, 3.63) is 202 Å². The maximum Gasteiger partial charge on any atom is 0.335 e. The van der Waals surface area contributed by atoms with Crippen molar-refractivity contribution in [1.82, 2.24) is 8.61 Å². The number of carbonyl (C=O) groups is 2. The molecule has 0 fully saturated rings. The van der Waals surface area contributed by atoms with Crippen molar-refractivity contribution in [3.63, 3.8) is 0 Å². The maximum atomic E-state index is 14.1. The van der Waals surface area contributed by atoms with Crippen LogP contribution in [0.5, 0.6) is 0 Å². The average Bonchev–Trinajstić information content (AvgIpc) is 3.20. The van der Waals surface area contributed by atoms with Gasteiger partial charge in [-0.05, 0) is 78.2 Å². The Morgan fingerprint density at radius 1 is 0.482 bits per heavy atom. The zero-order valence-corrected chi connectivity index (χ0v) is 31.9. The van der Waals surface area contributed by atoms with Crippen molar-refractivity contribution in [2.45, 2.75) is 42.9 Å². The molecule has 0 aliphatic rings. The summed E-state index contributed by atoms with van der Waals surface area (Å²) < 4.78 is 69.6. The van der Waals surface area contributed by atoms with E-state index in [1.807, 2.05) is 67.6 Å². The number of hydrogen-bond donors (Lipinski definition) is 2. The van der Waals surface area contributed by atoms with Gasteiger partial charge in [-0.25, -0.2) is 30.8 Å². The zero-order chi connectivity index (χ0) is 40.3. The molecule has 0 amide bonds. The fourth-order valence-electron chi connectivity index (χ4n) is 5.58. The second kappa shape index (κ2) is 18.6. The summed E-state index contributed by atoms with van der Waals surface area (Å²) in [6.45, 7) is 2.32. The van der Waals surface area contributed by atoms with Gasteiger partial charge < -0.3 is 10.2 Å². The average molecular weight is 795 g/mol. The number of nitrogens with zero attached hydrogens (tertiary/aromatic N) is 2. The molecule has 0 aliphatic carbocycles. The van der Waals surface area contributed by atoms with Gasteiger partial charge in [0.05, 0.1) is 20.9 Å². The predicted octanol–water partition coefficient (Wildman–Crippen LogP) is 8.00. The number of halogens is 1. The molecule has 0 spiro atoms. The molecule has 0 saturated heterocycles. The van der Waals surface area contributed by atoms with E-state index in [-0.39, 0.29) is 52.7 Å². The molecule has 0 aromatic heterocycles. The van der Waals surface area contributed by atoms with Gasteiger partial charge in [0, 0.05) is 31.7 Å². The van der Waals surface area contributed by atoms with E-state index in [4.69, 9.17) is 10.2 Å². The molecule has 0 atom stereocenters. The minimum atomic E-state index is -3.98. The van der Waals surface area contributed by atoms with Gasteiger partial charge in [-0.15, -0.1) is 0 Å². The van der Waals surface area contributed by atoms with Crippen LogP contribution in [0.4, 0.5) is 4.39 Å². The normalized spacial score (nSPS) is 11.5. The minimum absolute atomic E-state index is 0.0114. The number of aromatic carboxylic acids is 2. The summed E-state index contributed by atoms with van der Waals surface area (Å²) in [7, 11) is -7.79. The van der Waals surface area contributed by atoms with Crippen molar-refractivity contribution < 1.29 is 41.0 Å². The quantitative estimate of drug-likeness (QED) is 0.113. The van der Waals surface area contributed by atoms with Gasteiger partial charge >= 0.3 is 11.9 Å². The monoisotopic (exact) mass is 794 g/mol. The van der Waals surface area contributed by atoms with Gasteiger partial charge in [0.1, 0.15) is 5.82 Å². The van der Waals surface area contributed by atoms with Gasteiger partial charge in [0.2, 0.25) is 20.0 Å². The van der Waals surface area contributed by atoms with Gasteiger partial charge in [-0.2, -0.15) is 8.61 Å². The Morgan fingerprint density at radius 2 is 0.839 bits per heavy atom. The zero-order valence-electron chi connectivity index (χ0n) is 30.3. The minimum Gasteiger partial charge on any atom is -0.478 e. The van der Waals surface area contributed by atoms with Crippen molar-refractivity contribution in [1.29, 1.82) is 0 Å². The Bertz CT molecular complexity index is 2470. The molecule has 0 bridgehead atoms. The van der Waals surface area contributed by atoms with Crippen LogP contribution in [0.2, 0.25) is 0 Å². The third-order valence-electron chi connectivity index (χ3n) is 8.67. The van der Waals surface area contributed by atoms with Crippen molar-refractivity contribution in [3.8, 4) is 0 Å². The summed E-state index contributed by atoms with van der Waals surface area (Å²) in [6.07, 6.45) is 0. The molecule has 0 heterocycles. The molecule has 0 aliphatic heterocycles. The fourth-order valence-corrected chi connectivity index (χ4v) is 8.40. The van der Waals surface area contributed by atoms with E-state index in [9.17, 15) is 30.8 Å². The summed E-state index contributed by atoms with van der Waals surface area (Å²) in [5, 5.41) is 18.0. The second-order valence-electron chi connectivity index (χ2n) is 12.8. The van der Waals surface area contributed by atoms with Gasteiger partial charge in [0.25, 0.3) is 0 Å². The first-order valence-corrected chi connectivity index (χ1v) is 20.2. The van der Waals surface area contributed by atoms with Crippen LogP contribution in [-0.2, 0) is 46.2 Å². The van der Waals surface area contributed by atoms with Crippen molar-refractivity contribution >= 4 is 32.0 Å². The first-order valence-electron chi connectivity index (χ1n) is 17.3. The second-order valence-corrected chi connectivity index (χ2v) is 16.6. The van der Waals surface area contributed by atoms with E-state index in [1.54, 1.807) is 36.4 Å². The van der Waals surface area contributed by atoms with Crippen LogP contribution < -0.4 is 0 Å². The van der Waals surface area contributed by atoms with Crippen LogP contribution in [0.1, 0.15) is 48.5 Å². The third-order valence-corrected chi connectivity index (χ3v) is 12.3. The van der Waals surface area contributed by atoms with Crippen LogP contribution in [0.3, 0.4) is 0 Å². The molecule has 0 radical (unpaired) electrons. The fraction of sp³-hybridized carbons (Fsp3) is 0.116.